The molecule has 7 nitrogen and oxygen atoms in total. The number of imide groups is 1. The van der Waals surface area contributed by atoms with Crippen molar-refractivity contribution in [2.45, 2.75) is 11.9 Å². The zero-order chi connectivity index (χ0) is 36.7. The van der Waals surface area contributed by atoms with Crippen LogP contribution in [-0.2, 0) is 11.9 Å². The molecule has 0 radical (unpaired) electrons. The van der Waals surface area contributed by atoms with Crippen LogP contribution in [0.15, 0.2) is 97.1 Å². The zero-order valence-corrected chi connectivity index (χ0v) is 31.0. The van der Waals surface area contributed by atoms with Gasteiger partial charge in [0.1, 0.15) is 22.7 Å². The summed E-state index contributed by atoms with van der Waals surface area (Å²) in [5, 5.41) is 2.01. The molecule has 3 heterocycles. The van der Waals surface area contributed by atoms with Crippen LogP contribution in [0, 0.1) is 11.6 Å². The number of alkyl halides is 1. The van der Waals surface area contributed by atoms with Gasteiger partial charge in [0.15, 0.2) is 0 Å². The molecule has 0 unspecified atom stereocenters. The Morgan fingerprint density at radius 2 is 1.00 bits per heavy atom. The first-order valence-electron chi connectivity index (χ1n) is 15.4. The number of hydrogen-bond donors (Lipinski definition) is 0. The molecule has 0 saturated heterocycles. The number of nitrogens with zero attached hydrogens (tertiary/aromatic N) is 5. The summed E-state index contributed by atoms with van der Waals surface area (Å²) < 4.78 is 27.5. The van der Waals surface area contributed by atoms with Gasteiger partial charge in [-0.25, -0.2) is 28.7 Å². The highest BCUT2D eigenvalue weighted by Gasteiger charge is 2.36. The van der Waals surface area contributed by atoms with Gasteiger partial charge in [0.25, 0.3) is 11.8 Å². The number of para-hydroxylation sites is 2. The normalized spacial score (nSPS) is 12.3. The SMILES string of the molecule is Fc1ccc(Cl)c(-c2nc3c(Cl)cccc3nc2CBr)c1.O=C1c2ccccc2C(=O)N1Cc1nc2cccc(Cl)c2nc1-c1cc(F)ccc1Cl. The van der Waals surface area contributed by atoms with Gasteiger partial charge in [-0.2, -0.15) is 0 Å². The van der Waals surface area contributed by atoms with E-state index in [0.717, 1.165) is 4.90 Å². The number of rotatable bonds is 5. The predicted octanol–water partition coefficient (Wildman–Crippen LogP) is 11.2. The van der Waals surface area contributed by atoms with Crippen LogP contribution < -0.4 is 0 Å². The highest BCUT2D eigenvalue weighted by Crippen LogP contribution is 2.35. The summed E-state index contributed by atoms with van der Waals surface area (Å²) in [6.45, 7) is -0.149. The molecule has 8 rings (SSSR count). The van der Waals surface area contributed by atoms with Gasteiger partial charge in [-0.05, 0) is 72.8 Å². The number of carbonyl (C=O) groups excluding carboxylic acids is 2. The molecule has 1 aliphatic rings. The summed E-state index contributed by atoms with van der Waals surface area (Å²) >= 11 is 28.3. The third kappa shape index (κ3) is 6.85. The largest absolute Gasteiger partial charge is 0.269 e. The van der Waals surface area contributed by atoms with E-state index in [-0.39, 0.29) is 23.1 Å². The Balaban J connectivity index is 0.000000175. The maximum atomic E-state index is 14.0. The van der Waals surface area contributed by atoms with Gasteiger partial charge in [-0.1, -0.05) is 86.6 Å². The van der Waals surface area contributed by atoms with E-state index in [2.05, 4.69) is 35.9 Å². The summed E-state index contributed by atoms with van der Waals surface area (Å²) in [4.78, 5) is 45.1. The summed E-state index contributed by atoms with van der Waals surface area (Å²) in [7, 11) is 0. The molecular formula is C38H20BrCl4F2N5O2. The average Bonchev–Trinajstić information content (AvgIpc) is 3.38. The van der Waals surface area contributed by atoms with Crippen molar-refractivity contribution in [2.75, 3.05) is 0 Å². The number of benzene rings is 5. The fourth-order valence-electron chi connectivity index (χ4n) is 5.68. The van der Waals surface area contributed by atoms with Crippen LogP contribution in [0.2, 0.25) is 20.1 Å². The van der Waals surface area contributed by atoms with Crippen molar-refractivity contribution < 1.29 is 18.4 Å². The molecule has 14 heteroatoms. The molecule has 0 aliphatic carbocycles. The van der Waals surface area contributed by atoms with Crippen LogP contribution >= 0.6 is 62.3 Å². The lowest BCUT2D eigenvalue weighted by Crippen LogP contribution is -2.30. The molecule has 0 atom stereocenters. The number of hydrogen-bond acceptors (Lipinski definition) is 6. The van der Waals surface area contributed by atoms with Crippen LogP contribution in [0.1, 0.15) is 32.1 Å². The van der Waals surface area contributed by atoms with Gasteiger partial charge in [0, 0.05) is 16.5 Å². The molecule has 1 aliphatic heterocycles. The Morgan fingerprint density at radius 1 is 0.538 bits per heavy atom. The van der Waals surface area contributed by atoms with Crippen LogP contribution in [0.25, 0.3) is 44.6 Å². The average molecular weight is 838 g/mol. The maximum absolute atomic E-state index is 14.0. The Morgan fingerprint density at radius 3 is 1.48 bits per heavy atom. The quantitative estimate of drug-likeness (QED) is 0.127. The summed E-state index contributed by atoms with van der Waals surface area (Å²) in [5.41, 5.74) is 5.35. The monoisotopic (exact) mass is 835 g/mol. The molecular weight excluding hydrogens is 818 g/mol. The second-order valence-electron chi connectivity index (χ2n) is 11.4. The second-order valence-corrected chi connectivity index (χ2v) is 13.6. The van der Waals surface area contributed by atoms with Crippen molar-refractivity contribution >= 4 is 96.2 Å². The lowest BCUT2D eigenvalue weighted by Gasteiger charge is -2.17. The van der Waals surface area contributed by atoms with Gasteiger partial charge < -0.3 is 0 Å². The minimum Gasteiger partial charge on any atom is -0.269 e. The number of carbonyl (C=O) groups is 2. The molecule has 258 valence electrons. The van der Waals surface area contributed by atoms with E-state index in [1.807, 2.05) is 12.1 Å². The summed E-state index contributed by atoms with van der Waals surface area (Å²) in [6.07, 6.45) is 0. The summed E-state index contributed by atoms with van der Waals surface area (Å²) in [5.74, 6) is -1.74. The Kier molecular flexibility index (Phi) is 10.2. The molecule has 0 N–H and O–H groups in total. The van der Waals surface area contributed by atoms with Gasteiger partial charge in [-0.15, -0.1) is 0 Å². The van der Waals surface area contributed by atoms with E-state index in [4.69, 9.17) is 46.4 Å². The molecule has 52 heavy (non-hydrogen) atoms. The smallest absolute Gasteiger partial charge is 0.261 e. The number of halogens is 7. The molecule has 5 aromatic carbocycles. The lowest BCUT2D eigenvalue weighted by molar-refractivity contribution is 0.0640. The van der Waals surface area contributed by atoms with Gasteiger partial charge >= 0.3 is 0 Å². The highest BCUT2D eigenvalue weighted by atomic mass is 79.9. The maximum Gasteiger partial charge on any atom is 0.261 e. The van der Waals surface area contributed by atoms with Crippen molar-refractivity contribution in [1.82, 2.24) is 24.8 Å². The third-order valence-corrected chi connectivity index (χ3v) is 9.92. The highest BCUT2D eigenvalue weighted by molar-refractivity contribution is 9.08. The summed E-state index contributed by atoms with van der Waals surface area (Å²) in [6, 6.07) is 25.1. The first kappa shape index (κ1) is 35.8. The Hall–Kier alpha value is -4.58. The van der Waals surface area contributed by atoms with E-state index in [1.165, 1.54) is 36.4 Å². The standard InChI is InChI=1S/C23H12Cl2FN3O2.C15H8BrCl2FN2/c24-16-9-8-12(26)10-15(16)20-19(27-18-7-3-6-17(25)21(18)28-20)11-29-22(30)13-4-1-2-5-14(13)23(29)31;16-7-13-14(9-6-8(19)4-5-10(9)17)21-15-11(18)2-1-3-12(15)20-13/h1-10H,11H2;1-6H,7H2. The van der Waals surface area contributed by atoms with Crippen LogP contribution in [-0.4, -0.2) is 36.7 Å². The number of aromatic nitrogens is 4. The molecule has 2 aromatic heterocycles. The first-order valence-corrected chi connectivity index (χ1v) is 18.0. The van der Waals surface area contributed by atoms with Gasteiger partial charge in [0.2, 0.25) is 0 Å². The van der Waals surface area contributed by atoms with Crippen LogP contribution in [0.3, 0.4) is 0 Å². The zero-order valence-electron chi connectivity index (χ0n) is 26.4. The molecule has 2 amide bonds. The van der Waals surface area contributed by atoms with Crippen molar-refractivity contribution in [2.24, 2.45) is 0 Å². The van der Waals surface area contributed by atoms with Gasteiger partial charge in [0.05, 0.1) is 71.6 Å². The van der Waals surface area contributed by atoms with Crippen molar-refractivity contribution in [3.63, 3.8) is 0 Å². The van der Waals surface area contributed by atoms with E-state index in [9.17, 15) is 18.4 Å². The van der Waals surface area contributed by atoms with Gasteiger partial charge in [-0.3, -0.25) is 14.5 Å². The topological polar surface area (TPSA) is 88.9 Å². The molecule has 7 aromatic rings. The number of amides is 2. The molecule has 0 saturated carbocycles. The lowest BCUT2D eigenvalue weighted by atomic mass is 10.1. The van der Waals surface area contributed by atoms with Crippen molar-refractivity contribution in [3.8, 4) is 22.5 Å². The second kappa shape index (κ2) is 14.8. The van der Waals surface area contributed by atoms with Crippen molar-refractivity contribution in [1.29, 1.82) is 0 Å². The minimum atomic E-state index is -0.507. The molecule has 0 spiro atoms. The molecule has 0 bridgehead atoms. The van der Waals surface area contributed by atoms with E-state index in [0.29, 0.717) is 81.8 Å². The Labute approximate surface area is 323 Å². The Bertz CT molecular complexity index is 2560. The predicted molar refractivity (Wildman–Crippen MR) is 203 cm³/mol. The minimum absolute atomic E-state index is 0.149. The fraction of sp³-hybridized carbons (Fsp3) is 0.0526. The van der Waals surface area contributed by atoms with Crippen LogP contribution in [0.5, 0.6) is 0 Å². The van der Waals surface area contributed by atoms with E-state index in [1.54, 1.807) is 48.5 Å². The first-order chi connectivity index (χ1) is 25.0. The third-order valence-electron chi connectivity index (χ3n) is 8.12. The van der Waals surface area contributed by atoms with Crippen molar-refractivity contribution in [3.05, 3.63) is 151 Å². The molecule has 0 fully saturated rings. The fourth-order valence-corrected chi connectivity index (χ4v) is 6.91. The van der Waals surface area contributed by atoms with Crippen LogP contribution in [0.4, 0.5) is 8.78 Å². The van der Waals surface area contributed by atoms with E-state index < -0.39 is 17.6 Å². The number of fused-ring (bicyclic) bond motifs is 3. The van der Waals surface area contributed by atoms with E-state index >= 15 is 0 Å².